The predicted molar refractivity (Wildman–Crippen MR) is 90.4 cm³/mol. The maximum Gasteiger partial charge on any atom is 0.256 e. The van der Waals surface area contributed by atoms with Gasteiger partial charge in [0.05, 0.1) is 6.61 Å². The van der Waals surface area contributed by atoms with Crippen LogP contribution in [-0.2, 0) is 9.53 Å². The highest BCUT2D eigenvalue weighted by Gasteiger charge is 2.33. The molecule has 0 spiro atoms. The van der Waals surface area contributed by atoms with E-state index < -0.39 is 5.60 Å². The summed E-state index contributed by atoms with van der Waals surface area (Å²) in [5, 5.41) is 2.94. The van der Waals surface area contributed by atoms with Crippen LogP contribution in [0.5, 0.6) is 5.75 Å². The molecule has 1 amide bonds. The molecule has 0 aliphatic rings. The molecular weight excluding hydrogens is 278 g/mol. The summed E-state index contributed by atoms with van der Waals surface area (Å²) in [6.07, 6.45) is 3.70. The zero-order valence-corrected chi connectivity index (χ0v) is 14.3. The normalized spacial score (nSPS) is 13.5. The molecule has 0 bridgehead atoms. The van der Waals surface area contributed by atoms with E-state index in [1.54, 1.807) is 0 Å². The first-order valence-corrected chi connectivity index (χ1v) is 8.24. The molecule has 1 aromatic carbocycles. The van der Waals surface area contributed by atoms with Crippen LogP contribution in [-0.4, -0.2) is 24.7 Å². The van der Waals surface area contributed by atoms with Crippen molar-refractivity contribution in [1.29, 1.82) is 0 Å². The molecule has 0 aliphatic carbocycles. The summed E-state index contributed by atoms with van der Waals surface area (Å²) in [6.45, 7) is 9.18. The van der Waals surface area contributed by atoms with Crippen molar-refractivity contribution in [2.24, 2.45) is 0 Å². The van der Waals surface area contributed by atoms with Crippen LogP contribution in [0.2, 0.25) is 0 Å². The third-order valence-electron chi connectivity index (χ3n) is 3.54. The maximum absolute atomic E-state index is 12.5. The van der Waals surface area contributed by atoms with E-state index >= 15 is 0 Å². The maximum atomic E-state index is 12.5. The van der Waals surface area contributed by atoms with Crippen molar-refractivity contribution in [1.82, 2.24) is 0 Å². The third-order valence-corrected chi connectivity index (χ3v) is 3.54. The van der Waals surface area contributed by atoms with Crippen LogP contribution in [0.4, 0.5) is 5.69 Å². The Morgan fingerprint density at radius 2 is 1.82 bits per heavy atom. The molecule has 22 heavy (non-hydrogen) atoms. The van der Waals surface area contributed by atoms with Gasteiger partial charge in [0.2, 0.25) is 0 Å². The molecule has 1 aromatic rings. The Morgan fingerprint density at radius 3 is 2.36 bits per heavy atom. The standard InChI is InChI=1S/C18H29NO3/c1-5-8-13-18(4,22-7-3)17(20)19-15-9-11-16(12-10-15)21-14-6-2/h9-12H,5-8,13-14H2,1-4H3,(H,19,20)/t18-/m0/s1. The molecule has 1 N–H and O–H groups in total. The summed E-state index contributed by atoms with van der Waals surface area (Å²) in [7, 11) is 0. The van der Waals surface area contributed by atoms with Gasteiger partial charge < -0.3 is 14.8 Å². The van der Waals surface area contributed by atoms with Gasteiger partial charge in [-0.05, 0) is 51.0 Å². The Hall–Kier alpha value is -1.55. The molecule has 124 valence electrons. The summed E-state index contributed by atoms with van der Waals surface area (Å²) in [5.74, 6) is 0.725. The number of unbranched alkanes of at least 4 members (excludes halogenated alkanes) is 1. The number of carbonyl (C=O) groups excluding carboxylic acids is 1. The Balaban J connectivity index is 2.68. The molecule has 0 saturated heterocycles. The van der Waals surface area contributed by atoms with Crippen molar-refractivity contribution in [3.8, 4) is 5.75 Å². The van der Waals surface area contributed by atoms with E-state index in [9.17, 15) is 4.79 Å². The molecule has 1 rings (SSSR count). The lowest BCUT2D eigenvalue weighted by atomic mass is 9.97. The molecule has 4 heteroatoms. The highest BCUT2D eigenvalue weighted by atomic mass is 16.5. The molecular formula is C18H29NO3. The number of amides is 1. The third kappa shape index (κ3) is 5.68. The Morgan fingerprint density at radius 1 is 1.14 bits per heavy atom. The predicted octanol–water partition coefficient (Wildman–Crippen LogP) is 4.40. The number of hydrogen-bond donors (Lipinski definition) is 1. The quantitative estimate of drug-likeness (QED) is 0.697. The fraction of sp³-hybridized carbons (Fsp3) is 0.611. The van der Waals surface area contributed by atoms with Crippen LogP contribution in [0.15, 0.2) is 24.3 Å². The minimum absolute atomic E-state index is 0.0926. The first kappa shape index (κ1) is 18.5. The van der Waals surface area contributed by atoms with Gasteiger partial charge in [0.1, 0.15) is 11.4 Å². The molecule has 0 unspecified atom stereocenters. The summed E-state index contributed by atoms with van der Waals surface area (Å²) in [6, 6.07) is 7.45. The van der Waals surface area contributed by atoms with Gasteiger partial charge in [-0.25, -0.2) is 0 Å². The van der Waals surface area contributed by atoms with Crippen molar-refractivity contribution in [2.75, 3.05) is 18.5 Å². The number of benzene rings is 1. The monoisotopic (exact) mass is 307 g/mol. The SMILES string of the molecule is CCCC[C@](C)(OCC)C(=O)Nc1ccc(OCCC)cc1. The van der Waals surface area contributed by atoms with Gasteiger partial charge in [0.25, 0.3) is 5.91 Å². The average Bonchev–Trinajstić information content (AvgIpc) is 2.52. The highest BCUT2D eigenvalue weighted by Crippen LogP contribution is 2.23. The first-order valence-electron chi connectivity index (χ1n) is 8.24. The van der Waals surface area contributed by atoms with Crippen molar-refractivity contribution in [2.45, 2.75) is 59.0 Å². The van der Waals surface area contributed by atoms with E-state index in [-0.39, 0.29) is 5.91 Å². The van der Waals surface area contributed by atoms with Crippen molar-refractivity contribution < 1.29 is 14.3 Å². The van der Waals surface area contributed by atoms with Gasteiger partial charge in [0.15, 0.2) is 0 Å². The number of carbonyl (C=O) groups is 1. The Bertz CT molecular complexity index is 444. The van der Waals surface area contributed by atoms with Gasteiger partial charge in [-0.2, -0.15) is 0 Å². The van der Waals surface area contributed by atoms with Gasteiger partial charge in [-0.3, -0.25) is 4.79 Å². The zero-order valence-electron chi connectivity index (χ0n) is 14.3. The second-order valence-electron chi connectivity index (χ2n) is 5.59. The van der Waals surface area contributed by atoms with Crippen molar-refractivity contribution >= 4 is 11.6 Å². The molecule has 1 atom stereocenters. The molecule has 4 nitrogen and oxygen atoms in total. The minimum Gasteiger partial charge on any atom is -0.494 e. The zero-order chi connectivity index (χ0) is 16.4. The van der Waals surface area contributed by atoms with Gasteiger partial charge in [-0.15, -0.1) is 0 Å². The van der Waals surface area contributed by atoms with Gasteiger partial charge >= 0.3 is 0 Å². The number of ether oxygens (including phenoxy) is 2. The fourth-order valence-corrected chi connectivity index (χ4v) is 2.20. The summed E-state index contributed by atoms with van der Waals surface area (Å²) in [5.41, 5.74) is -0.0152. The molecule has 0 aromatic heterocycles. The minimum atomic E-state index is -0.776. The molecule has 0 heterocycles. The van der Waals surface area contributed by atoms with E-state index in [1.165, 1.54) is 0 Å². The molecule has 0 fully saturated rings. The Labute approximate surface area is 134 Å². The Kier molecular flexibility index (Phi) is 7.96. The van der Waals surface area contributed by atoms with Crippen LogP contribution >= 0.6 is 0 Å². The van der Waals surface area contributed by atoms with Gasteiger partial charge in [0, 0.05) is 12.3 Å². The van der Waals surface area contributed by atoms with Crippen LogP contribution in [0, 0.1) is 0 Å². The summed E-state index contributed by atoms with van der Waals surface area (Å²) >= 11 is 0. The largest absolute Gasteiger partial charge is 0.494 e. The second kappa shape index (κ2) is 9.46. The van der Waals surface area contributed by atoms with Crippen molar-refractivity contribution in [3.63, 3.8) is 0 Å². The van der Waals surface area contributed by atoms with E-state index in [0.29, 0.717) is 13.2 Å². The van der Waals surface area contributed by atoms with E-state index in [0.717, 1.165) is 37.1 Å². The van der Waals surface area contributed by atoms with Crippen LogP contribution in [0.3, 0.4) is 0 Å². The number of rotatable bonds is 10. The lowest BCUT2D eigenvalue weighted by Crippen LogP contribution is -2.42. The number of nitrogens with one attached hydrogen (secondary N) is 1. The van der Waals surface area contributed by atoms with Gasteiger partial charge in [-0.1, -0.05) is 26.7 Å². The van der Waals surface area contributed by atoms with E-state index in [4.69, 9.17) is 9.47 Å². The highest BCUT2D eigenvalue weighted by molar-refractivity contribution is 5.97. The summed E-state index contributed by atoms with van der Waals surface area (Å²) < 4.78 is 11.2. The molecule has 0 saturated carbocycles. The average molecular weight is 307 g/mol. The first-order chi connectivity index (χ1) is 10.6. The second-order valence-corrected chi connectivity index (χ2v) is 5.59. The van der Waals surface area contributed by atoms with E-state index in [2.05, 4.69) is 19.2 Å². The lowest BCUT2D eigenvalue weighted by molar-refractivity contribution is -0.139. The summed E-state index contributed by atoms with van der Waals surface area (Å²) in [4.78, 5) is 12.5. The molecule has 0 aliphatic heterocycles. The number of anilines is 1. The van der Waals surface area contributed by atoms with Crippen LogP contribution in [0.25, 0.3) is 0 Å². The number of hydrogen-bond acceptors (Lipinski definition) is 3. The molecule has 0 radical (unpaired) electrons. The fourth-order valence-electron chi connectivity index (χ4n) is 2.20. The van der Waals surface area contributed by atoms with Crippen LogP contribution < -0.4 is 10.1 Å². The van der Waals surface area contributed by atoms with Crippen molar-refractivity contribution in [3.05, 3.63) is 24.3 Å². The van der Waals surface area contributed by atoms with Crippen LogP contribution in [0.1, 0.15) is 53.4 Å². The van der Waals surface area contributed by atoms with E-state index in [1.807, 2.05) is 38.1 Å². The smallest absolute Gasteiger partial charge is 0.256 e. The lowest BCUT2D eigenvalue weighted by Gasteiger charge is -2.28. The topological polar surface area (TPSA) is 47.6 Å².